The average Bonchev–Trinajstić information content (AvgIpc) is 3.83. The first-order valence-corrected chi connectivity index (χ1v) is 18.4. The number of aliphatic hydroxyl groups excluding tert-OH is 2. The van der Waals surface area contributed by atoms with E-state index in [1.54, 1.807) is 63.3 Å². The van der Waals surface area contributed by atoms with Gasteiger partial charge in [-0.25, -0.2) is 4.79 Å². The van der Waals surface area contributed by atoms with Crippen molar-refractivity contribution in [1.29, 1.82) is 0 Å². The van der Waals surface area contributed by atoms with Crippen molar-refractivity contribution >= 4 is 46.7 Å². The molecule has 0 unspecified atom stereocenters. The van der Waals surface area contributed by atoms with Gasteiger partial charge in [0, 0.05) is 38.5 Å². The van der Waals surface area contributed by atoms with Gasteiger partial charge in [0.25, 0.3) is 5.91 Å². The molecule has 3 aliphatic heterocycles. The Morgan fingerprint density at radius 3 is 2.60 bits per heavy atom. The summed E-state index contributed by atoms with van der Waals surface area (Å²) in [6, 6.07) is 6.72. The summed E-state index contributed by atoms with van der Waals surface area (Å²) in [5.74, 6) is -3.27. The van der Waals surface area contributed by atoms with Crippen molar-refractivity contribution in [2.24, 2.45) is 11.8 Å². The molecular formula is C40H49ClN4O10. The van der Waals surface area contributed by atoms with E-state index in [1.165, 1.54) is 30.1 Å². The normalized spacial score (nSPS) is 29.8. The molecule has 1 aromatic heterocycles. The van der Waals surface area contributed by atoms with Crippen LogP contribution in [-0.2, 0) is 36.8 Å². The highest BCUT2D eigenvalue weighted by atomic mass is 35.5. The van der Waals surface area contributed by atoms with Crippen LogP contribution in [0.2, 0.25) is 5.02 Å². The van der Waals surface area contributed by atoms with Gasteiger partial charge in [0.2, 0.25) is 5.91 Å². The number of anilines is 1. The van der Waals surface area contributed by atoms with Gasteiger partial charge in [-0.2, -0.15) is 0 Å². The number of likely N-dealkylation sites (N-methyl/N-ethyl adjacent to an activating group) is 1. The Labute approximate surface area is 325 Å². The Bertz CT molecular complexity index is 1900. The molecule has 0 spiro atoms. The number of hydrogen-bond acceptors (Lipinski definition) is 11. The fourth-order valence-electron chi connectivity index (χ4n) is 7.15. The fraction of sp³-hybridized carbons (Fsp3) is 0.475. The molecule has 0 aliphatic carbocycles. The smallest absolute Gasteiger partial charge is 0.409 e. The number of fused-ring (bicyclic) bond motifs is 5. The van der Waals surface area contributed by atoms with Crippen LogP contribution in [0.4, 0.5) is 10.5 Å². The average molecular weight is 781 g/mol. The Balaban J connectivity index is 1.48. The minimum atomic E-state index is -1.88. The lowest BCUT2D eigenvalue weighted by molar-refractivity contribution is -0.154. The molecule has 3 aliphatic rings. The van der Waals surface area contributed by atoms with Gasteiger partial charge < -0.3 is 39.3 Å². The van der Waals surface area contributed by atoms with Gasteiger partial charge in [-0.15, -0.1) is 0 Å². The van der Waals surface area contributed by atoms with E-state index in [0.717, 1.165) is 16.7 Å². The van der Waals surface area contributed by atoms with Crippen LogP contribution in [-0.4, -0.2) is 106 Å². The number of benzene rings is 1. The van der Waals surface area contributed by atoms with Crippen molar-refractivity contribution in [3.05, 3.63) is 88.2 Å². The number of epoxide rings is 1. The molecule has 0 saturated carbocycles. The maximum atomic E-state index is 14.1. The third kappa shape index (κ3) is 9.11. The molecule has 7 atom stereocenters. The van der Waals surface area contributed by atoms with Gasteiger partial charge in [0.15, 0.2) is 5.72 Å². The number of ether oxygens (including phenoxy) is 3. The number of allylic oxidation sites excluding steroid dienone is 4. The van der Waals surface area contributed by atoms with E-state index < -0.39 is 78.5 Å². The predicted molar refractivity (Wildman–Crippen MR) is 204 cm³/mol. The molecule has 296 valence electrons. The number of hydrogen-bond donors (Lipinski definition) is 4. The van der Waals surface area contributed by atoms with Gasteiger partial charge in [0.1, 0.15) is 24.4 Å². The van der Waals surface area contributed by atoms with Crippen LogP contribution in [0.25, 0.3) is 5.57 Å². The van der Waals surface area contributed by atoms with Crippen LogP contribution in [0, 0.1) is 11.8 Å². The van der Waals surface area contributed by atoms with Gasteiger partial charge >= 0.3 is 12.1 Å². The molecule has 2 saturated heterocycles. The highest BCUT2D eigenvalue weighted by Crippen LogP contribution is 2.49. The van der Waals surface area contributed by atoms with Crippen molar-refractivity contribution < 1.29 is 48.7 Å². The lowest BCUT2D eigenvalue weighted by Gasteiger charge is -2.42. The maximum absolute atomic E-state index is 14.1. The van der Waals surface area contributed by atoms with Gasteiger partial charge in [0.05, 0.1) is 47.7 Å². The number of esters is 1. The molecular weight excluding hydrogens is 732 g/mol. The Kier molecular flexibility index (Phi) is 12.6. The summed E-state index contributed by atoms with van der Waals surface area (Å²) in [5.41, 5.74) is 0.797. The molecule has 4 heterocycles. The lowest BCUT2D eigenvalue weighted by atomic mass is 9.81. The Morgan fingerprint density at radius 2 is 1.96 bits per heavy atom. The van der Waals surface area contributed by atoms with E-state index in [1.807, 2.05) is 6.92 Å². The van der Waals surface area contributed by atoms with Crippen molar-refractivity contribution in [2.75, 3.05) is 32.1 Å². The summed E-state index contributed by atoms with van der Waals surface area (Å²) in [7, 11) is 2.97. The molecule has 0 radical (unpaired) electrons. The van der Waals surface area contributed by atoms with Crippen LogP contribution < -0.4 is 10.2 Å². The van der Waals surface area contributed by atoms with Crippen LogP contribution in [0.1, 0.15) is 67.7 Å². The number of aromatic nitrogens is 1. The number of pyridine rings is 1. The van der Waals surface area contributed by atoms with Gasteiger partial charge in [-0.05, 0) is 62.1 Å². The standard InChI is InChI=1S/C40H49ClN4O10/c1-22(2)29-12-11-26(18-42-29)37(50)44(6)19-34(49)54-32-16-33(48)45(7)30-15-25(14-27(20-46)35(30)41)13-23(3)9-8-10-28(21-47)40(52)17-31(53-38(51)43-40)24(4)36-39(32,5)55-36/h8-12,14-15,18,24,28,31-32,36,46-47,52H,1,13,16-17,19-21H2,2-7H3,(H,43,51)/b10-8+,23-9+/t24-,28+,31+,32+,36+,39+,40+/m1/s1. The van der Waals surface area contributed by atoms with Gasteiger partial charge in [-0.1, -0.05) is 55.0 Å². The molecule has 4 N–H and O–H groups in total. The first-order chi connectivity index (χ1) is 25.9. The predicted octanol–water partition coefficient (Wildman–Crippen LogP) is 3.95. The van der Waals surface area contributed by atoms with Crippen LogP contribution >= 0.6 is 11.6 Å². The van der Waals surface area contributed by atoms with E-state index in [0.29, 0.717) is 23.4 Å². The van der Waals surface area contributed by atoms with Gasteiger partial charge in [-0.3, -0.25) is 24.7 Å². The molecule has 3 amide bonds. The topological polar surface area (TPSA) is 191 Å². The maximum Gasteiger partial charge on any atom is 0.409 e. The number of halogens is 1. The number of carbonyl (C=O) groups is 4. The number of amides is 3. The first kappa shape index (κ1) is 41.6. The summed E-state index contributed by atoms with van der Waals surface area (Å²) in [6.07, 6.45) is 2.71. The second-order valence-corrected chi connectivity index (χ2v) is 15.3. The molecule has 1 aromatic carbocycles. The molecule has 15 heteroatoms. The van der Waals surface area contributed by atoms with Crippen molar-refractivity contribution in [1.82, 2.24) is 15.2 Å². The van der Waals surface area contributed by atoms with Crippen LogP contribution in [0.15, 0.2) is 60.8 Å². The Morgan fingerprint density at radius 1 is 1.24 bits per heavy atom. The summed E-state index contributed by atoms with van der Waals surface area (Å²) >= 11 is 6.71. The monoisotopic (exact) mass is 780 g/mol. The fourth-order valence-corrected chi connectivity index (χ4v) is 7.44. The number of carbonyl (C=O) groups excluding carboxylic acids is 4. The summed E-state index contributed by atoms with van der Waals surface area (Å²) < 4.78 is 17.8. The third-order valence-electron chi connectivity index (χ3n) is 10.6. The number of aliphatic hydroxyl groups is 3. The minimum Gasteiger partial charge on any atom is -0.457 e. The highest BCUT2D eigenvalue weighted by Gasteiger charge is 2.64. The zero-order chi connectivity index (χ0) is 40.4. The summed E-state index contributed by atoms with van der Waals surface area (Å²) in [4.78, 5) is 60.4. The van der Waals surface area contributed by atoms with E-state index in [-0.39, 0.29) is 30.0 Å². The SMILES string of the molecule is C=C(C)c1ccc(C(=O)N(C)CC(=O)O[C@H]2CC(=O)N(C)c3cc(cc(CO)c3Cl)C/C(C)=C/C=C/[C@@H](CO)[C@@]3(O)C[C@H](OC(=O)N3)[C@@H](C)[C@@H]3O[C@@]23C)cn1. The molecule has 4 bridgehead atoms. The zero-order valence-electron chi connectivity index (χ0n) is 31.9. The highest BCUT2D eigenvalue weighted by molar-refractivity contribution is 6.34. The molecule has 14 nitrogen and oxygen atoms in total. The Hall–Kier alpha value is -4.60. The van der Waals surface area contributed by atoms with Crippen molar-refractivity contribution in [3.8, 4) is 0 Å². The minimum absolute atomic E-state index is 0.108. The van der Waals surface area contributed by atoms with Crippen molar-refractivity contribution in [3.63, 3.8) is 0 Å². The van der Waals surface area contributed by atoms with E-state index in [4.69, 9.17) is 25.8 Å². The lowest BCUT2D eigenvalue weighted by Crippen LogP contribution is -2.62. The van der Waals surface area contributed by atoms with E-state index in [9.17, 15) is 34.5 Å². The quantitative estimate of drug-likeness (QED) is 0.235. The summed E-state index contributed by atoms with van der Waals surface area (Å²) in [5, 5.41) is 34.8. The second kappa shape index (κ2) is 16.6. The van der Waals surface area contributed by atoms with Crippen LogP contribution in [0.5, 0.6) is 0 Å². The largest absolute Gasteiger partial charge is 0.457 e. The zero-order valence-corrected chi connectivity index (χ0v) is 32.6. The first-order valence-electron chi connectivity index (χ1n) is 18.0. The number of nitrogens with one attached hydrogen (secondary N) is 1. The molecule has 2 fully saturated rings. The third-order valence-corrected chi connectivity index (χ3v) is 11.0. The number of alkyl carbamates (subject to hydrolysis) is 1. The van der Waals surface area contributed by atoms with E-state index >= 15 is 0 Å². The molecule has 2 aromatic rings. The number of rotatable bonds is 7. The molecule has 5 rings (SSSR count). The summed E-state index contributed by atoms with van der Waals surface area (Å²) in [6.45, 7) is 9.60. The van der Waals surface area contributed by atoms with E-state index in [2.05, 4.69) is 16.9 Å². The number of nitrogens with zero attached hydrogens (tertiary/aromatic N) is 3. The second-order valence-electron chi connectivity index (χ2n) is 14.9. The molecule has 55 heavy (non-hydrogen) atoms. The van der Waals surface area contributed by atoms with Crippen molar-refractivity contribution in [2.45, 2.75) is 83.2 Å². The van der Waals surface area contributed by atoms with Crippen LogP contribution in [0.3, 0.4) is 0 Å².